The van der Waals surface area contributed by atoms with Crippen LogP contribution in [0.3, 0.4) is 0 Å². The Bertz CT molecular complexity index is 1220. The maximum atomic E-state index is 12.7. The Morgan fingerprint density at radius 3 is 2.45 bits per heavy atom. The Morgan fingerprint density at radius 2 is 1.65 bits per heavy atom. The van der Waals surface area contributed by atoms with Gasteiger partial charge in [0.05, 0.1) is 11.3 Å². The van der Waals surface area contributed by atoms with Crippen molar-refractivity contribution in [2.45, 2.75) is 12.8 Å². The van der Waals surface area contributed by atoms with E-state index >= 15 is 0 Å². The maximum Gasteiger partial charge on any atom is 0.341 e. The molecule has 1 amide bonds. The molecule has 2 aromatic carbocycles. The monoisotopic (exact) mass is 413 g/mol. The fraction of sp³-hybridized carbons (Fsp3) is 0.160. The largest absolute Gasteiger partial charge is 0.422 e. The predicted molar refractivity (Wildman–Crippen MR) is 121 cm³/mol. The van der Waals surface area contributed by atoms with E-state index in [-0.39, 0.29) is 11.5 Å². The molecule has 2 N–H and O–H groups in total. The average molecular weight is 413 g/mol. The molecule has 4 aromatic rings. The first-order valence-electron chi connectivity index (χ1n) is 10.2. The SMILES string of the molecule is O=C(NCCCNc1c(Cc2ccccc2)c(=O)oc2ccccc12)c1ccncc1. The molecule has 0 fully saturated rings. The highest BCUT2D eigenvalue weighted by Gasteiger charge is 2.15. The molecule has 0 aliphatic heterocycles. The maximum absolute atomic E-state index is 12.7. The predicted octanol–water partition coefficient (Wildman–Crippen LogP) is 4.01. The third-order valence-corrected chi connectivity index (χ3v) is 5.01. The molecule has 156 valence electrons. The van der Waals surface area contributed by atoms with E-state index < -0.39 is 0 Å². The topological polar surface area (TPSA) is 84.2 Å². The van der Waals surface area contributed by atoms with Gasteiger partial charge in [-0.3, -0.25) is 9.78 Å². The lowest BCUT2D eigenvalue weighted by Crippen LogP contribution is -2.26. The Balaban J connectivity index is 1.47. The number of hydrogen-bond donors (Lipinski definition) is 2. The number of fused-ring (bicyclic) bond motifs is 1. The number of pyridine rings is 1. The third-order valence-electron chi connectivity index (χ3n) is 5.01. The number of aromatic nitrogens is 1. The van der Waals surface area contributed by atoms with Gasteiger partial charge in [-0.25, -0.2) is 4.79 Å². The highest BCUT2D eigenvalue weighted by Crippen LogP contribution is 2.26. The average Bonchev–Trinajstić information content (AvgIpc) is 2.81. The molecule has 4 rings (SSSR count). The lowest BCUT2D eigenvalue weighted by atomic mass is 10.0. The summed E-state index contributed by atoms with van der Waals surface area (Å²) in [6, 6.07) is 20.7. The molecule has 6 nitrogen and oxygen atoms in total. The van der Waals surface area contributed by atoms with Crippen LogP contribution in [-0.2, 0) is 6.42 Å². The van der Waals surface area contributed by atoms with Gasteiger partial charge in [-0.1, -0.05) is 42.5 Å². The minimum Gasteiger partial charge on any atom is -0.422 e. The molecule has 2 heterocycles. The number of amides is 1. The van der Waals surface area contributed by atoms with Crippen LogP contribution in [0.15, 0.2) is 88.3 Å². The Morgan fingerprint density at radius 1 is 0.903 bits per heavy atom. The number of hydrogen-bond acceptors (Lipinski definition) is 5. The number of carbonyl (C=O) groups excluding carboxylic acids is 1. The summed E-state index contributed by atoms with van der Waals surface area (Å²) in [4.78, 5) is 28.8. The van der Waals surface area contributed by atoms with Gasteiger partial charge >= 0.3 is 5.63 Å². The highest BCUT2D eigenvalue weighted by atomic mass is 16.4. The molecular weight excluding hydrogens is 390 g/mol. The van der Waals surface area contributed by atoms with E-state index in [9.17, 15) is 9.59 Å². The van der Waals surface area contributed by atoms with E-state index in [0.717, 1.165) is 16.6 Å². The summed E-state index contributed by atoms with van der Waals surface area (Å²) in [6.45, 7) is 1.12. The summed E-state index contributed by atoms with van der Waals surface area (Å²) in [5, 5.41) is 7.18. The molecule has 0 saturated heterocycles. The van der Waals surface area contributed by atoms with Gasteiger partial charge in [0.2, 0.25) is 0 Å². The molecule has 0 unspecified atom stereocenters. The van der Waals surface area contributed by atoms with Gasteiger partial charge < -0.3 is 15.1 Å². The van der Waals surface area contributed by atoms with Crippen molar-refractivity contribution < 1.29 is 9.21 Å². The van der Waals surface area contributed by atoms with Gasteiger partial charge in [-0.15, -0.1) is 0 Å². The van der Waals surface area contributed by atoms with Gasteiger partial charge in [0.1, 0.15) is 5.58 Å². The van der Waals surface area contributed by atoms with Gasteiger partial charge in [0.15, 0.2) is 0 Å². The van der Waals surface area contributed by atoms with Crippen LogP contribution in [0.2, 0.25) is 0 Å². The first kappa shape index (κ1) is 20.3. The van der Waals surface area contributed by atoms with Gasteiger partial charge in [-0.05, 0) is 36.2 Å². The molecule has 2 aromatic heterocycles. The van der Waals surface area contributed by atoms with Crippen LogP contribution < -0.4 is 16.3 Å². The second-order valence-electron chi connectivity index (χ2n) is 7.17. The Hall–Kier alpha value is -3.93. The molecule has 0 aliphatic rings. The lowest BCUT2D eigenvalue weighted by molar-refractivity contribution is 0.0953. The minimum atomic E-state index is -0.337. The molecular formula is C25H23N3O3. The number of nitrogens with zero attached hydrogens (tertiary/aromatic N) is 1. The molecule has 0 radical (unpaired) electrons. The lowest BCUT2D eigenvalue weighted by Gasteiger charge is -2.14. The zero-order valence-corrected chi connectivity index (χ0v) is 17.0. The standard InChI is InChI=1S/C25H23N3O3/c29-24(19-11-15-26-16-12-19)28-14-6-13-27-23-20-9-4-5-10-22(20)31-25(30)21(23)17-18-7-2-1-3-8-18/h1-5,7-12,15-16,27H,6,13-14,17H2,(H,28,29). The number of rotatable bonds is 8. The first-order chi connectivity index (χ1) is 15.2. The van der Waals surface area contributed by atoms with Crippen molar-refractivity contribution in [1.82, 2.24) is 10.3 Å². The number of nitrogens with one attached hydrogen (secondary N) is 2. The third kappa shape index (κ3) is 4.98. The number of anilines is 1. The molecule has 0 spiro atoms. The molecule has 0 bridgehead atoms. The van der Waals surface area contributed by atoms with E-state index in [1.54, 1.807) is 30.6 Å². The van der Waals surface area contributed by atoms with Crippen LogP contribution >= 0.6 is 0 Å². The van der Waals surface area contributed by atoms with Crippen molar-refractivity contribution in [3.05, 3.63) is 106 Å². The second kappa shape index (κ2) is 9.71. The fourth-order valence-electron chi connectivity index (χ4n) is 3.46. The Kier molecular flexibility index (Phi) is 6.38. The quantitative estimate of drug-likeness (QED) is 0.337. The molecule has 0 saturated carbocycles. The molecule has 6 heteroatoms. The van der Waals surface area contributed by atoms with Gasteiger partial charge in [0.25, 0.3) is 5.91 Å². The normalized spacial score (nSPS) is 10.7. The summed E-state index contributed by atoms with van der Waals surface area (Å²) in [5.41, 5.74) is 3.23. The van der Waals surface area contributed by atoms with Crippen molar-refractivity contribution in [2.75, 3.05) is 18.4 Å². The zero-order chi connectivity index (χ0) is 21.5. The van der Waals surface area contributed by atoms with Crippen LogP contribution in [0.4, 0.5) is 5.69 Å². The number of carbonyl (C=O) groups is 1. The van der Waals surface area contributed by atoms with Gasteiger partial charge in [-0.2, -0.15) is 0 Å². The summed E-state index contributed by atoms with van der Waals surface area (Å²) in [7, 11) is 0. The smallest absolute Gasteiger partial charge is 0.341 e. The van der Waals surface area contributed by atoms with Crippen molar-refractivity contribution in [1.29, 1.82) is 0 Å². The first-order valence-corrected chi connectivity index (χ1v) is 10.2. The summed E-state index contributed by atoms with van der Waals surface area (Å²) in [6.07, 6.45) is 4.37. The zero-order valence-electron chi connectivity index (χ0n) is 17.0. The van der Waals surface area contributed by atoms with Crippen LogP contribution in [0.5, 0.6) is 0 Å². The van der Waals surface area contributed by atoms with E-state index in [1.807, 2.05) is 48.5 Å². The van der Waals surface area contributed by atoms with E-state index in [0.29, 0.717) is 42.6 Å². The number of para-hydroxylation sites is 1. The van der Waals surface area contributed by atoms with Crippen molar-refractivity contribution in [2.24, 2.45) is 0 Å². The molecule has 31 heavy (non-hydrogen) atoms. The van der Waals surface area contributed by atoms with Crippen molar-refractivity contribution in [3.8, 4) is 0 Å². The van der Waals surface area contributed by atoms with E-state index in [1.165, 1.54) is 0 Å². The van der Waals surface area contributed by atoms with E-state index in [2.05, 4.69) is 15.6 Å². The van der Waals surface area contributed by atoms with Crippen LogP contribution in [0.1, 0.15) is 27.9 Å². The van der Waals surface area contributed by atoms with Gasteiger partial charge in [0, 0.05) is 42.9 Å². The minimum absolute atomic E-state index is 0.127. The van der Waals surface area contributed by atoms with Crippen LogP contribution in [-0.4, -0.2) is 24.0 Å². The highest BCUT2D eigenvalue weighted by molar-refractivity contribution is 5.94. The Labute approximate surface area is 179 Å². The van der Waals surface area contributed by atoms with Crippen LogP contribution in [0.25, 0.3) is 11.0 Å². The van der Waals surface area contributed by atoms with Crippen molar-refractivity contribution >= 4 is 22.6 Å². The molecule has 0 aliphatic carbocycles. The van der Waals surface area contributed by atoms with Crippen molar-refractivity contribution in [3.63, 3.8) is 0 Å². The second-order valence-corrected chi connectivity index (χ2v) is 7.17. The summed E-state index contributed by atoms with van der Waals surface area (Å²) < 4.78 is 5.56. The van der Waals surface area contributed by atoms with E-state index in [4.69, 9.17) is 4.42 Å². The fourth-order valence-corrected chi connectivity index (χ4v) is 3.46. The van der Waals surface area contributed by atoms with Crippen LogP contribution in [0, 0.1) is 0 Å². The summed E-state index contributed by atoms with van der Waals surface area (Å²) in [5.74, 6) is -0.127. The molecule has 0 atom stereocenters. The summed E-state index contributed by atoms with van der Waals surface area (Å²) >= 11 is 0. The number of benzene rings is 2.